The number of fused-ring (bicyclic) bond motifs is 1. The lowest BCUT2D eigenvalue weighted by Crippen LogP contribution is -2.44. The van der Waals surface area contributed by atoms with Crippen molar-refractivity contribution in [2.24, 2.45) is 0 Å². The van der Waals surface area contributed by atoms with Crippen molar-refractivity contribution in [2.45, 2.75) is 32.2 Å². The fourth-order valence-electron chi connectivity index (χ4n) is 4.74. The van der Waals surface area contributed by atoms with Gasteiger partial charge in [0.15, 0.2) is 0 Å². The molecule has 1 atom stereocenters. The maximum Gasteiger partial charge on any atom is 0.407 e. The molecule has 3 N–H and O–H groups in total. The normalized spacial score (nSPS) is 14.8. The fourth-order valence-corrected chi connectivity index (χ4v) is 4.74. The number of carbonyl (C=O) groups is 2. The van der Waals surface area contributed by atoms with Gasteiger partial charge in [-0.15, -0.1) is 0 Å². The van der Waals surface area contributed by atoms with Crippen molar-refractivity contribution in [3.8, 4) is 29.0 Å². The van der Waals surface area contributed by atoms with E-state index in [1.807, 2.05) is 43.3 Å². The van der Waals surface area contributed by atoms with Crippen LogP contribution in [0.2, 0.25) is 0 Å². The molecule has 3 heterocycles. The first-order valence-electron chi connectivity index (χ1n) is 12.8. The minimum absolute atomic E-state index is 0.0918. The van der Waals surface area contributed by atoms with E-state index in [0.717, 1.165) is 29.2 Å². The van der Waals surface area contributed by atoms with E-state index in [1.54, 1.807) is 30.6 Å². The zero-order valence-corrected chi connectivity index (χ0v) is 21.8. The Kier molecular flexibility index (Phi) is 7.68. The Morgan fingerprint density at radius 3 is 2.83 bits per heavy atom. The second kappa shape index (κ2) is 11.7. The first kappa shape index (κ1) is 26.4. The summed E-state index contributed by atoms with van der Waals surface area (Å²) in [6.07, 6.45) is 3.68. The largest absolute Gasteiger partial charge is 0.465 e. The number of benzene rings is 2. The van der Waals surface area contributed by atoms with Gasteiger partial charge in [-0.2, -0.15) is 5.26 Å². The Balaban J connectivity index is 1.44. The van der Waals surface area contributed by atoms with Gasteiger partial charge in [0.2, 0.25) is 17.7 Å². The molecule has 1 saturated heterocycles. The molecule has 40 heavy (non-hydrogen) atoms. The van der Waals surface area contributed by atoms with Crippen molar-refractivity contribution >= 4 is 34.4 Å². The summed E-state index contributed by atoms with van der Waals surface area (Å²) in [5.41, 5.74) is 2.70. The molecule has 1 unspecified atom stereocenters. The molecule has 0 aliphatic carbocycles. The van der Waals surface area contributed by atoms with Gasteiger partial charge in [0.1, 0.15) is 12.2 Å². The number of aryl methyl sites for hydroxylation is 1. The summed E-state index contributed by atoms with van der Waals surface area (Å²) in [4.78, 5) is 38.4. The smallest absolute Gasteiger partial charge is 0.407 e. The highest BCUT2D eigenvalue weighted by Gasteiger charge is 2.24. The Hall–Kier alpha value is -5.24. The van der Waals surface area contributed by atoms with Crippen molar-refractivity contribution in [3.63, 3.8) is 0 Å². The maximum absolute atomic E-state index is 12.1. The number of likely N-dealkylation sites (tertiary alicyclic amines) is 1. The van der Waals surface area contributed by atoms with Gasteiger partial charge in [-0.05, 0) is 49.6 Å². The molecular formula is C29H27N7O4. The Bertz CT molecular complexity index is 1620. The standard InChI is InChI=1S/C29H27N7O4/c1-18-9-10-20-21(6-2-8-23(20)34-25(37)11-13-30)26(18)40-27-22(7-3-14-31-27)24-12-15-32-28(35-24)33-19-5-4-16-36(17-19)29(38)39/h2-3,6-10,12,14-15,19H,4-5,11,16-17H2,1H3,(H,34,37)(H,38,39)(H,32,33,35). The first-order valence-corrected chi connectivity index (χ1v) is 12.8. The van der Waals surface area contributed by atoms with Crippen LogP contribution < -0.4 is 15.4 Å². The van der Waals surface area contributed by atoms with Gasteiger partial charge < -0.3 is 25.4 Å². The molecule has 0 bridgehead atoms. The number of rotatable bonds is 7. The number of carboxylic acid groups (broad SMARTS) is 1. The Morgan fingerprint density at radius 2 is 2.00 bits per heavy atom. The monoisotopic (exact) mass is 537 g/mol. The van der Waals surface area contributed by atoms with Gasteiger partial charge in [0.25, 0.3) is 0 Å². The molecule has 1 fully saturated rings. The molecule has 4 aromatic rings. The topological polar surface area (TPSA) is 153 Å². The van der Waals surface area contributed by atoms with Gasteiger partial charge in [-0.3, -0.25) is 4.79 Å². The van der Waals surface area contributed by atoms with Crippen molar-refractivity contribution in [3.05, 3.63) is 66.5 Å². The van der Waals surface area contributed by atoms with Gasteiger partial charge >= 0.3 is 6.09 Å². The van der Waals surface area contributed by atoms with E-state index in [1.165, 1.54) is 4.90 Å². The minimum Gasteiger partial charge on any atom is -0.465 e. The summed E-state index contributed by atoms with van der Waals surface area (Å²) in [5.74, 6) is 0.930. The number of hydrogen-bond donors (Lipinski definition) is 3. The third-order valence-electron chi connectivity index (χ3n) is 6.65. The van der Waals surface area contributed by atoms with Crippen LogP contribution in [-0.2, 0) is 4.79 Å². The van der Waals surface area contributed by atoms with Crippen LogP contribution in [0.1, 0.15) is 24.8 Å². The van der Waals surface area contributed by atoms with E-state index < -0.39 is 6.09 Å². The van der Waals surface area contributed by atoms with Crippen molar-refractivity contribution < 1.29 is 19.4 Å². The molecule has 11 heteroatoms. The number of nitrogens with zero attached hydrogens (tertiary/aromatic N) is 5. The van der Waals surface area contributed by atoms with Crippen LogP contribution in [0.4, 0.5) is 16.4 Å². The average Bonchev–Trinajstić information content (AvgIpc) is 2.95. The van der Waals surface area contributed by atoms with E-state index >= 15 is 0 Å². The SMILES string of the molecule is Cc1ccc2c(NC(=O)CC#N)cccc2c1Oc1ncccc1-c1ccnc(NC2CCCN(C(=O)O)C2)n1. The Labute approximate surface area is 230 Å². The molecule has 1 aliphatic heterocycles. The zero-order valence-electron chi connectivity index (χ0n) is 21.8. The van der Waals surface area contributed by atoms with Crippen LogP contribution in [-0.4, -0.2) is 56.1 Å². The third kappa shape index (κ3) is 5.76. The molecule has 0 spiro atoms. The number of pyridine rings is 1. The van der Waals surface area contributed by atoms with Crippen LogP contribution in [0.3, 0.4) is 0 Å². The van der Waals surface area contributed by atoms with Gasteiger partial charge in [0.05, 0.1) is 17.3 Å². The van der Waals surface area contributed by atoms with Crippen LogP contribution >= 0.6 is 0 Å². The fraction of sp³-hybridized carbons (Fsp3) is 0.241. The van der Waals surface area contributed by atoms with E-state index in [4.69, 9.17) is 10.00 Å². The number of piperidine rings is 1. The number of carbonyl (C=O) groups excluding carboxylic acids is 1. The number of amides is 2. The molecule has 2 aromatic carbocycles. The van der Waals surface area contributed by atoms with Crippen LogP contribution in [0.25, 0.3) is 22.0 Å². The minimum atomic E-state index is -0.932. The maximum atomic E-state index is 12.1. The molecule has 1 aliphatic rings. The lowest BCUT2D eigenvalue weighted by atomic mass is 10.0. The van der Waals surface area contributed by atoms with Crippen LogP contribution in [0.5, 0.6) is 11.6 Å². The molecule has 202 valence electrons. The number of nitrogens with one attached hydrogen (secondary N) is 2. The predicted molar refractivity (Wildman–Crippen MR) is 149 cm³/mol. The van der Waals surface area contributed by atoms with Crippen LogP contribution in [0, 0.1) is 18.3 Å². The number of anilines is 2. The molecule has 0 saturated carbocycles. The van der Waals surface area contributed by atoms with Crippen LogP contribution in [0.15, 0.2) is 60.9 Å². The van der Waals surface area contributed by atoms with Crippen molar-refractivity contribution in [1.82, 2.24) is 19.9 Å². The van der Waals surface area contributed by atoms with Gasteiger partial charge in [-0.25, -0.2) is 19.7 Å². The molecule has 2 aromatic heterocycles. The quantitative estimate of drug-likeness (QED) is 0.289. The van der Waals surface area contributed by atoms with Crippen molar-refractivity contribution in [2.75, 3.05) is 23.7 Å². The highest BCUT2D eigenvalue weighted by molar-refractivity contribution is 6.04. The second-order valence-electron chi connectivity index (χ2n) is 9.43. The summed E-state index contributed by atoms with van der Waals surface area (Å²) in [5, 5.41) is 25.8. The molecule has 5 rings (SSSR count). The highest BCUT2D eigenvalue weighted by Crippen LogP contribution is 2.38. The summed E-state index contributed by atoms with van der Waals surface area (Å²) in [6.45, 7) is 2.81. The lowest BCUT2D eigenvalue weighted by molar-refractivity contribution is -0.115. The first-order chi connectivity index (χ1) is 19.4. The van der Waals surface area contributed by atoms with E-state index in [-0.39, 0.29) is 18.4 Å². The van der Waals surface area contributed by atoms with E-state index in [2.05, 4.69) is 25.6 Å². The molecular weight excluding hydrogens is 510 g/mol. The summed E-state index contributed by atoms with van der Waals surface area (Å²) >= 11 is 0. The zero-order chi connectivity index (χ0) is 28.1. The molecule has 0 radical (unpaired) electrons. The third-order valence-corrected chi connectivity index (χ3v) is 6.65. The second-order valence-corrected chi connectivity index (χ2v) is 9.43. The predicted octanol–water partition coefficient (Wildman–Crippen LogP) is 5.20. The van der Waals surface area contributed by atoms with Gasteiger partial charge in [0, 0.05) is 48.0 Å². The lowest BCUT2D eigenvalue weighted by Gasteiger charge is -2.31. The average molecular weight is 538 g/mol. The number of aromatic nitrogens is 3. The number of nitriles is 1. The van der Waals surface area contributed by atoms with Gasteiger partial charge in [-0.1, -0.05) is 24.3 Å². The van der Waals surface area contributed by atoms with Crippen molar-refractivity contribution in [1.29, 1.82) is 5.26 Å². The molecule has 2 amide bonds. The number of hydrogen-bond acceptors (Lipinski definition) is 8. The summed E-state index contributed by atoms with van der Waals surface area (Å²) < 4.78 is 6.42. The number of ether oxygens (including phenoxy) is 1. The summed E-state index contributed by atoms with van der Waals surface area (Å²) in [6, 6.07) is 16.5. The Morgan fingerprint density at radius 1 is 1.12 bits per heavy atom. The van der Waals surface area contributed by atoms with E-state index in [0.29, 0.717) is 47.6 Å². The summed E-state index contributed by atoms with van der Waals surface area (Å²) in [7, 11) is 0. The highest BCUT2D eigenvalue weighted by atomic mass is 16.5. The molecule has 11 nitrogen and oxygen atoms in total. The van der Waals surface area contributed by atoms with E-state index in [9.17, 15) is 14.7 Å².